The number of nitrogens with one attached hydrogen (secondary N) is 1. The normalized spacial score (nSPS) is 16.6. The molecule has 0 bridgehead atoms. The number of fused-ring (bicyclic) bond motifs is 1. The zero-order valence-electron chi connectivity index (χ0n) is 11.7. The summed E-state index contributed by atoms with van der Waals surface area (Å²) in [6.45, 7) is 1.74. The van der Waals surface area contributed by atoms with Crippen LogP contribution in [-0.2, 0) is 6.42 Å². The summed E-state index contributed by atoms with van der Waals surface area (Å²) in [7, 11) is 0. The second-order valence-electron chi connectivity index (χ2n) is 5.38. The van der Waals surface area contributed by atoms with Crippen LogP contribution in [0.2, 0.25) is 0 Å². The minimum Gasteiger partial charge on any atom is -0.507 e. The molecule has 0 spiro atoms. The van der Waals surface area contributed by atoms with Crippen molar-refractivity contribution in [3.8, 4) is 5.75 Å². The molecule has 0 aromatic heterocycles. The first-order chi connectivity index (χ1) is 10.1. The number of phenolic OH excluding ortho intramolecular Hbond substituents is 1. The van der Waals surface area contributed by atoms with Crippen LogP contribution in [0, 0.1) is 12.7 Å². The third kappa shape index (κ3) is 2.49. The first kappa shape index (κ1) is 13.6. The van der Waals surface area contributed by atoms with E-state index in [1.165, 1.54) is 12.1 Å². The maximum atomic E-state index is 13.4. The lowest BCUT2D eigenvalue weighted by Gasteiger charge is -2.15. The average molecular weight is 285 g/mol. The molecule has 1 aliphatic rings. The molecule has 2 aromatic rings. The summed E-state index contributed by atoms with van der Waals surface area (Å²) < 4.78 is 13.4. The molecule has 1 unspecified atom stereocenters. The van der Waals surface area contributed by atoms with Gasteiger partial charge in [-0.15, -0.1) is 0 Å². The molecule has 0 radical (unpaired) electrons. The number of rotatable bonds is 2. The standard InChI is InChI=1S/C17H16FNO2/c1-10-3-2-4-13(16(10)20)17(21)19-15-8-6-11-5-7-12(18)9-14(11)15/h2-5,7,9,15,20H,6,8H2,1H3,(H,19,21). The molecule has 0 fully saturated rings. The van der Waals surface area contributed by atoms with Crippen LogP contribution in [-0.4, -0.2) is 11.0 Å². The van der Waals surface area contributed by atoms with E-state index in [1.54, 1.807) is 31.2 Å². The Kier molecular flexibility index (Phi) is 3.37. The predicted molar refractivity (Wildman–Crippen MR) is 77.8 cm³/mol. The van der Waals surface area contributed by atoms with Gasteiger partial charge in [-0.25, -0.2) is 4.39 Å². The summed E-state index contributed by atoms with van der Waals surface area (Å²) in [4.78, 5) is 12.3. The van der Waals surface area contributed by atoms with Gasteiger partial charge < -0.3 is 10.4 Å². The molecule has 0 saturated heterocycles. The number of phenols is 1. The van der Waals surface area contributed by atoms with E-state index < -0.39 is 0 Å². The summed E-state index contributed by atoms with van der Waals surface area (Å²) in [5.41, 5.74) is 2.80. The zero-order chi connectivity index (χ0) is 15.0. The molecule has 21 heavy (non-hydrogen) atoms. The van der Waals surface area contributed by atoms with Crippen LogP contribution in [0.15, 0.2) is 36.4 Å². The molecule has 2 N–H and O–H groups in total. The van der Waals surface area contributed by atoms with Crippen molar-refractivity contribution in [2.24, 2.45) is 0 Å². The Bertz CT molecular complexity index is 712. The highest BCUT2D eigenvalue weighted by Gasteiger charge is 2.25. The van der Waals surface area contributed by atoms with Gasteiger partial charge in [0.25, 0.3) is 5.91 Å². The number of hydrogen-bond donors (Lipinski definition) is 2. The first-order valence-electron chi connectivity index (χ1n) is 6.94. The smallest absolute Gasteiger partial charge is 0.255 e. The Morgan fingerprint density at radius 2 is 2.14 bits per heavy atom. The molecule has 1 aliphatic carbocycles. The lowest BCUT2D eigenvalue weighted by molar-refractivity contribution is 0.0934. The number of aryl methyl sites for hydroxylation is 2. The van der Waals surface area contributed by atoms with Crippen LogP contribution < -0.4 is 5.32 Å². The van der Waals surface area contributed by atoms with Gasteiger partial charge in [0.1, 0.15) is 11.6 Å². The maximum Gasteiger partial charge on any atom is 0.255 e. The van der Waals surface area contributed by atoms with Crippen LogP contribution in [0.5, 0.6) is 5.75 Å². The SMILES string of the molecule is Cc1cccc(C(=O)NC2CCc3ccc(F)cc32)c1O. The molecular formula is C17H16FNO2. The number of aromatic hydroxyl groups is 1. The fourth-order valence-corrected chi connectivity index (χ4v) is 2.80. The van der Waals surface area contributed by atoms with E-state index in [0.29, 0.717) is 5.56 Å². The quantitative estimate of drug-likeness (QED) is 0.889. The van der Waals surface area contributed by atoms with Gasteiger partial charge in [0.2, 0.25) is 0 Å². The minimum atomic E-state index is -0.335. The van der Waals surface area contributed by atoms with Crippen LogP contribution in [0.1, 0.15) is 39.5 Å². The molecule has 3 nitrogen and oxygen atoms in total. The van der Waals surface area contributed by atoms with Crippen molar-refractivity contribution in [2.45, 2.75) is 25.8 Å². The molecule has 1 amide bonds. The molecule has 108 valence electrons. The van der Waals surface area contributed by atoms with Crippen molar-refractivity contribution in [1.29, 1.82) is 0 Å². The lowest BCUT2D eigenvalue weighted by atomic mass is 10.1. The number of carbonyl (C=O) groups is 1. The lowest BCUT2D eigenvalue weighted by Crippen LogP contribution is -2.27. The van der Waals surface area contributed by atoms with Gasteiger partial charge in [-0.2, -0.15) is 0 Å². The fraction of sp³-hybridized carbons (Fsp3) is 0.235. The Morgan fingerprint density at radius 1 is 1.33 bits per heavy atom. The number of amides is 1. The summed E-state index contributed by atoms with van der Waals surface area (Å²) in [5, 5.41) is 12.8. The van der Waals surface area contributed by atoms with Crippen molar-refractivity contribution >= 4 is 5.91 Å². The Morgan fingerprint density at radius 3 is 2.95 bits per heavy atom. The van der Waals surface area contributed by atoms with Crippen LogP contribution in [0.25, 0.3) is 0 Å². The summed E-state index contributed by atoms with van der Waals surface area (Å²) >= 11 is 0. The molecule has 0 saturated carbocycles. The zero-order valence-corrected chi connectivity index (χ0v) is 11.7. The Balaban J connectivity index is 1.84. The fourth-order valence-electron chi connectivity index (χ4n) is 2.80. The van der Waals surface area contributed by atoms with Crippen molar-refractivity contribution in [3.63, 3.8) is 0 Å². The highest BCUT2D eigenvalue weighted by atomic mass is 19.1. The van der Waals surface area contributed by atoms with Crippen LogP contribution in [0.3, 0.4) is 0 Å². The van der Waals surface area contributed by atoms with Gasteiger partial charge in [0, 0.05) is 0 Å². The van der Waals surface area contributed by atoms with Crippen molar-refractivity contribution in [1.82, 2.24) is 5.32 Å². The minimum absolute atomic E-state index is 0.00698. The number of para-hydroxylation sites is 1. The topological polar surface area (TPSA) is 49.3 Å². The third-order valence-electron chi connectivity index (χ3n) is 3.97. The van der Waals surface area contributed by atoms with E-state index >= 15 is 0 Å². The molecule has 0 aliphatic heterocycles. The average Bonchev–Trinajstić information content (AvgIpc) is 2.84. The van der Waals surface area contributed by atoms with Crippen molar-refractivity contribution in [3.05, 3.63) is 64.5 Å². The van der Waals surface area contributed by atoms with E-state index in [0.717, 1.165) is 24.0 Å². The highest BCUT2D eigenvalue weighted by Crippen LogP contribution is 2.32. The van der Waals surface area contributed by atoms with Crippen molar-refractivity contribution < 1.29 is 14.3 Å². The van der Waals surface area contributed by atoms with Gasteiger partial charge in [-0.05, 0) is 54.7 Å². The van der Waals surface area contributed by atoms with E-state index in [4.69, 9.17) is 0 Å². The molecule has 3 rings (SSSR count). The van der Waals surface area contributed by atoms with Gasteiger partial charge in [0.15, 0.2) is 0 Å². The van der Waals surface area contributed by atoms with Gasteiger partial charge in [0.05, 0.1) is 11.6 Å². The van der Waals surface area contributed by atoms with Gasteiger partial charge >= 0.3 is 0 Å². The van der Waals surface area contributed by atoms with Gasteiger partial charge in [-0.3, -0.25) is 4.79 Å². The maximum absolute atomic E-state index is 13.4. The Hall–Kier alpha value is -2.36. The number of hydrogen-bond acceptors (Lipinski definition) is 2. The second kappa shape index (κ2) is 5.20. The Labute approximate surface area is 122 Å². The van der Waals surface area contributed by atoms with E-state index in [1.807, 2.05) is 0 Å². The van der Waals surface area contributed by atoms with Gasteiger partial charge in [-0.1, -0.05) is 18.2 Å². The summed E-state index contributed by atoms with van der Waals surface area (Å²) in [6, 6.07) is 9.53. The molecule has 4 heteroatoms. The number of halogens is 1. The largest absolute Gasteiger partial charge is 0.507 e. The number of benzene rings is 2. The van der Waals surface area contributed by atoms with Crippen LogP contribution >= 0.6 is 0 Å². The summed E-state index contributed by atoms with van der Waals surface area (Å²) in [6.07, 6.45) is 1.57. The predicted octanol–water partition coefficient (Wildman–Crippen LogP) is 3.26. The van der Waals surface area contributed by atoms with E-state index in [9.17, 15) is 14.3 Å². The molecule has 1 atom stereocenters. The van der Waals surface area contributed by atoms with E-state index in [-0.39, 0.29) is 29.1 Å². The summed E-state index contributed by atoms with van der Waals surface area (Å²) in [5.74, 6) is -0.640. The second-order valence-corrected chi connectivity index (χ2v) is 5.38. The molecule has 2 aromatic carbocycles. The monoisotopic (exact) mass is 285 g/mol. The number of carbonyl (C=O) groups excluding carboxylic acids is 1. The van der Waals surface area contributed by atoms with E-state index in [2.05, 4.69) is 5.32 Å². The third-order valence-corrected chi connectivity index (χ3v) is 3.97. The molecular weight excluding hydrogens is 269 g/mol. The first-order valence-corrected chi connectivity index (χ1v) is 6.94. The molecule has 0 heterocycles. The van der Waals surface area contributed by atoms with Crippen LogP contribution in [0.4, 0.5) is 4.39 Å². The highest BCUT2D eigenvalue weighted by molar-refractivity contribution is 5.97. The van der Waals surface area contributed by atoms with Crippen molar-refractivity contribution in [2.75, 3.05) is 0 Å².